The molecular formula is C8H5BrFN3O. The fraction of sp³-hybridized carbons (Fsp3) is 0. The van der Waals surface area contributed by atoms with Gasteiger partial charge in [0.15, 0.2) is 11.6 Å². The van der Waals surface area contributed by atoms with E-state index >= 15 is 0 Å². The number of nitrogen functional groups attached to an aromatic ring is 1. The van der Waals surface area contributed by atoms with Crippen molar-refractivity contribution < 1.29 is 9.50 Å². The van der Waals surface area contributed by atoms with Crippen molar-refractivity contribution in [2.24, 2.45) is 0 Å². The molecule has 0 radical (unpaired) electrons. The van der Waals surface area contributed by atoms with Crippen molar-refractivity contribution in [3.63, 3.8) is 0 Å². The molecule has 0 aliphatic heterocycles. The maximum absolute atomic E-state index is 13.2. The van der Waals surface area contributed by atoms with Gasteiger partial charge in [-0.2, -0.15) is 0 Å². The highest BCUT2D eigenvalue weighted by molar-refractivity contribution is 9.10. The Morgan fingerprint density at radius 1 is 1.50 bits per heavy atom. The maximum Gasteiger partial charge on any atom is 0.181 e. The number of nitrogens with zero attached hydrogens (tertiary/aromatic N) is 2. The van der Waals surface area contributed by atoms with Crippen LogP contribution in [0.3, 0.4) is 0 Å². The summed E-state index contributed by atoms with van der Waals surface area (Å²) in [6.07, 6.45) is 1.26. The van der Waals surface area contributed by atoms with Gasteiger partial charge in [-0.3, -0.25) is 0 Å². The molecule has 1 heterocycles. The first-order chi connectivity index (χ1) is 6.59. The van der Waals surface area contributed by atoms with E-state index in [2.05, 4.69) is 25.9 Å². The third-order valence-electron chi connectivity index (χ3n) is 1.72. The number of anilines is 1. The Hall–Kier alpha value is -1.43. The average Bonchev–Trinajstić information content (AvgIpc) is 2.14. The van der Waals surface area contributed by atoms with E-state index in [1.54, 1.807) is 0 Å². The summed E-state index contributed by atoms with van der Waals surface area (Å²) in [5.41, 5.74) is 5.84. The Morgan fingerprint density at radius 2 is 2.21 bits per heavy atom. The van der Waals surface area contributed by atoms with E-state index in [0.29, 0.717) is 5.52 Å². The summed E-state index contributed by atoms with van der Waals surface area (Å²) in [4.78, 5) is 7.68. The Morgan fingerprint density at radius 3 is 2.93 bits per heavy atom. The van der Waals surface area contributed by atoms with Crippen molar-refractivity contribution in [2.45, 2.75) is 0 Å². The van der Waals surface area contributed by atoms with Gasteiger partial charge in [0.1, 0.15) is 11.3 Å². The number of hydrogen-bond donors (Lipinski definition) is 2. The molecule has 0 unspecified atom stereocenters. The van der Waals surface area contributed by atoms with Crippen LogP contribution < -0.4 is 5.73 Å². The maximum atomic E-state index is 13.2. The number of fused-ring (bicyclic) bond motifs is 1. The summed E-state index contributed by atoms with van der Waals surface area (Å²) in [7, 11) is 0. The number of rotatable bonds is 0. The molecule has 0 aliphatic rings. The molecule has 0 fully saturated rings. The van der Waals surface area contributed by atoms with Crippen molar-refractivity contribution in [1.82, 2.24) is 9.97 Å². The standard InChI is InChI=1S/C8H5BrFN3O/c9-3-1-4-7(8(14)6(3)10)12-2-5(11)13-4/h1-2,14H,(H2,11,13). The Bertz CT molecular complexity index is 517. The van der Waals surface area contributed by atoms with E-state index in [1.165, 1.54) is 12.3 Å². The largest absolute Gasteiger partial charge is 0.503 e. The number of hydrogen-bond acceptors (Lipinski definition) is 4. The lowest BCUT2D eigenvalue weighted by molar-refractivity contribution is 0.435. The molecule has 4 nitrogen and oxygen atoms in total. The van der Waals surface area contributed by atoms with Gasteiger partial charge in [-0.25, -0.2) is 14.4 Å². The van der Waals surface area contributed by atoms with Crippen LogP contribution in [0.2, 0.25) is 0 Å². The molecule has 1 aromatic carbocycles. The molecule has 0 saturated carbocycles. The van der Waals surface area contributed by atoms with Crippen LogP contribution in [0, 0.1) is 5.82 Å². The predicted octanol–water partition coefficient (Wildman–Crippen LogP) is 1.82. The van der Waals surface area contributed by atoms with Crippen molar-refractivity contribution in [3.05, 3.63) is 22.6 Å². The highest BCUT2D eigenvalue weighted by atomic mass is 79.9. The van der Waals surface area contributed by atoms with Crippen molar-refractivity contribution >= 4 is 32.8 Å². The van der Waals surface area contributed by atoms with Crippen LogP contribution in [0.25, 0.3) is 11.0 Å². The fourth-order valence-electron chi connectivity index (χ4n) is 1.10. The summed E-state index contributed by atoms with van der Waals surface area (Å²) >= 11 is 2.95. The van der Waals surface area contributed by atoms with Gasteiger partial charge in [0.25, 0.3) is 0 Å². The first kappa shape index (κ1) is 9.14. The van der Waals surface area contributed by atoms with Crippen LogP contribution in [-0.2, 0) is 0 Å². The molecule has 0 spiro atoms. The van der Waals surface area contributed by atoms with E-state index in [9.17, 15) is 9.50 Å². The lowest BCUT2D eigenvalue weighted by Crippen LogP contribution is -1.94. The molecule has 0 aliphatic carbocycles. The van der Waals surface area contributed by atoms with E-state index in [4.69, 9.17) is 5.73 Å². The minimum absolute atomic E-state index is 0.0971. The van der Waals surface area contributed by atoms with Gasteiger partial charge in [0.2, 0.25) is 0 Å². The molecular weight excluding hydrogens is 253 g/mol. The number of aromatic hydroxyl groups is 1. The Labute approximate surface area is 86.7 Å². The van der Waals surface area contributed by atoms with Gasteiger partial charge in [0, 0.05) is 0 Å². The second-order valence-electron chi connectivity index (χ2n) is 2.68. The first-order valence-electron chi connectivity index (χ1n) is 3.69. The smallest absolute Gasteiger partial charge is 0.181 e. The van der Waals surface area contributed by atoms with Crippen LogP contribution in [0.5, 0.6) is 5.75 Å². The molecule has 14 heavy (non-hydrogen) atoms. The van der Waals surface area contributed by atoms with E-state index in [-0.39, 0.29) is 15.8 Å². The summed E-state index contributed by atoms with van der Waals surface area (Å²) in [6.45, 7) is 0. The zero-order valence-corrected chi connectivity index (χ0v) is 8.42. The van der Waals surface area contributed by atoms with Crippen LogP contribution in [0.4, 0.5) is 10.2 Å². The molecule has 72 valence electrons. The van der Waals surface area contributed by atoms with E-state index < -0.39 is 11.6 Å². The molecule has 0 saturated heterocycles. The molecule has 0 bridgehead atoms. The highest BCUT2D eigenvalue weighted by Gasteiger charge is 2.12. The third kappa shape index (κ3) is 1.27. The molecule has 0 amide bonds. The topological polar surface area (TPSA) is 72.0 Å². The van der Waals surface area contributed by atoms with Gasteiger partial charge < -0.3 is 10.8 Å². The van der Waals surface area contributed by atoms with Crippen molar-refractivity contribution in [2.75, 3.05) is 5.73 Å². The van der Waals surface area contributed by atoms with Gasteiger partial charge >= 0.3 is 0 Å². The molecule has 2 aromatic rings. The van der Waals surface area contributed by atoms with Crippen LogP contribution in [0.15, 0.2) is 16.7 Å². The third-order valence-corrected chi connectivity index (χ3v) is 2.30. The number of phenolic OH excluding ortho intramolecular Hbond substituents is 1. The molecule has 3 N–H and O–H groups in total. The summed E-state index contributed by atoms with van der Waals surface area (Å²) in [5, 5.41) is 9.38. The summed E-state index contributed by atoms with van der Waals surface area (Å²) in [6, 6.07) is 1.41. The predicted molar refractivity (Wildman–Crippen MR) is 53.3 cm³/mol. The molecule has 1 aromatic heterocycles. The molecule has 6 heteroatoms. The minimum Gasteiger partial charge on any atom is -0.503 e. The van der Waals surface area contributed by atoms with Crippen LogP contribution >= 0.6 is 15.9 Å². The number of aromatic nitrogens is 2. The number of halogens is 2. The first-order valence-corrected chi connectivity index (χ1v) is 4.48. The van der Waals surface area contributed by atoms with Gasteiger partial charge in [-0.05, 0) is 22.0 Å². The number of nitrogens with two attached hydrogens (primary N) is 1. The zero-order valence-electron chi connectivity index (χ0n) is 6.83. The Kier molecular flexibility index (Phi) is 1.99. The van der Waals surface area contributed by atoms with Crippen molar-refractivity contribution in [3.8, 4) is 5.75 Å². The highest BCUT2D eigenvalue weighted by Crippen LogP contribution is 2.31. The van der Waals surface area contributed by atoms with E-state index in [0.717, 1.165) is 0 Å². The second kappa shape index (κ2) is 3.06. The van der Waals surface area contributed by atoms with Crippen molar-refractivity contribution in [1.29, 1.82) is 0 Å². The summed E-state index contributed by atoms with van der Waals surface area (Å²) < 4.78 is 13.3. The minimum atomic E-state index is -0.753. The zero-order chi connectivity index (χ0) is 10.3. The normalized spacial score (nSPS) is 10.7. The summed E-state index contributed by atoms with van der Waals surface area (Å²) in [5.74, 6) is -1.06. The van der Waals surface area contributed by atoms with Crippen LogP contribution in [-0.4, -0.2) is 15.1 Å². The van der Waals surface area contributed by atoms with Gasteiger partial charge in [-0.1, -0.05) is 0 Å². The molecule has 2 rings (SSSR count). The Balaban J connectivity index is 2.91. The van der Waals surface area contributed by atoms with Gasteiger partial charge in [-0.15, -0.1) is 0 Å². The number of phenols is 1. The monoisotopic (exact) mass is 257 g/mol. The van der Waals surface area contributed by atoms with Crippen LogP contribution in [0.1, 0.15) is 0 Å². The number of benzene rings is 1. The van der Waals surface area contributed by atoms with E-state index in [1.807, 2.05) is 0 Å². The quantitative estimate of drug-likeness (QED) is 0.755. The average molecular weight is 258 g/mol. The molecule has 0 atom stereocenters. The lowest BCUT2D eigenvalue weighted by Gasteiger charge is -2.03. The fourth-order valence-corrected chi connectivity index (χ4v) is 1.51. The lowest BCUT2D eigenvalue weighted by atomic mass is 10.2. The SMILES string of the molecule is Nc1cnc2c(O)c(F)c(Br)cc2n1. The van der Waals surface area contributed by atoms with Gasteiger partial charge in [0.05, 0.1) is 16.2 Å². The second-order valence-corrected chi connectivity index (χ2v) is 3.54.